The van der Waals surface area contributed by atoms with Gasteiger partial charge in [-0.25, -0.2) is 0 Å². The molecule has 6 rings (SSSR count). The Kier molecular flexibility index (Phi) is 3.38. The first-order chi connectivity index (χ1) is 13.8. The quantitative estimate of drug-likeness (QED) is 0.788. The lowest BCUT2D eigenvalue weighted by atomic mass is 9.83. The number of hydrogen-bond acceptors (Lipinski definition) is 3. The summed E-state index contributed by atoms with van der Waals surface area (Å²) >= 11 is 0. The molecule has 152 valence electrons. The number of pyridine rings is 1. The summed E-state index contributed by atoms with van der Waals surface area (Å²) in [7, 11) is 0. The highest BCUT2D eigenvalue weighted by atomic mass is 16.2. The van der Waals surface area contributed by atoms with Crippen LogP contribution in [0.3, 0.4) is 0 Å². The summed E-state index contributed by atoms with van der Waals surface area (Å²) in [6.45, 7) is 9.32. The second-order valence-electron chi connectivity index (χ2n) is 10.2. The van der Waals surface area contributed by atoms with Crippen molar-refractivity contribution in [3.63, 3.8) is 0 Å². The minimum atomic E-state index is 0.0843. The van der Waals surface area contributed by atoms with Crippen LogP contribution in [-0.2, 0) is 24.3 Å². The highest BCUT2D eigenvalue weighted by Crippen LogP contribution is 2.70. The van der Waals surface area contributed by atoms with Crippen molar-refractivity contribution in [2.24, 2.45) is 17.3 Å². The molecule has 0 N–H and O–H groups in total. The van der Waals surface area contributed by atoms with E-state index in [9.17, 15) is 9.59 Å². The van der Waals surface area contributed by atoms with Crippen LogP contribution in [0.2, 0.25) is 0 Å². The van der Waals surface area contributed by atoms with Gasteiger partial charge in [0.05, 0.1) is 5.69 Å². The van der Waals surface area contributed by atoms with Gasteiger partial charge in [-0.05, 0) is 49.0 Å². The van der Waals surface area contributed by atoms with Crippen molar-refractivity contribution in [3.05, 3.63) is 51.2 Å². The molecule has 2 aliphatic heterocycles. The first-order valence-electron chi connectivity index (χ1n) is 10.9. The number of carbonyl (C=O) groups excluding carboxylic acids is 1. The van der Waals surface area contributed by atoms with Gasteiger partial charge in [-0.1, -0.05) is 19.9 Å². The van der Waals surface area contributed by atoms with Gasteiger partial charge in [-0.15, -0.1) is 0 Å². The normalized spacial score (nSPS) is 30.5. The molecule has 2 aliphatic carbocycles. The first kappa shape index (κ1) is 17.5. The van der Waals surface area contributed by atoms with Crippen LogP contribution in [-0.4, -0.2) is 38.2 Å². The van der Waals surface area contributed by atoms with Crippen LogP contribution < -0.4 is 5.56 Å². The molecule has 1 saturated heterocycles. The van der Waals surface area contributed by atoms with Gasteiger partial charge in [-0.3, -0.25) is 14.3 Å². The van der Waals surface area contributed by atoms with Crippen LogP contribution in [0.25, 0.3) is 0 Å². The zero-order valence-electron chi connectivity index (χ0n) is 17.4. The fourth-order valence-corrected chi connectivity index (χ4v) is 6.63. The Morgan fingerprint density at radius 2 is 2.07 bits per heavy atom. The minimum Gasteiger partial charge on any atom is -0.340 e. The van der Waals surface area contributed by atoms with E-state index in [1.54, 1.807) is 6.07 Å². The Morgan fingerprint density at radius 1 is 1.24 bits per heavy atom. The van der Waals surface area contributed by atoms with E-state index in [2.05, 4.69) is 20.8 Å². The van der Waals surface area contributed by atoms with E-state index in [0.29, 0.717) is 30.3 Å². The van der Waals surface area contributed by atoms with E-state index >= 15 is 0 Å². The maximum Gasteiger partial charge on any atom is 0.250 e. The van der Waals surface area contributed by atoms with Crippen molar-refractivity contribution < 1.29 is 4.79 Å². The van der Waals surface area contributed by atoms with Crippen molar-refractivity contribution in [1.29, 1.82) is 0 Å². The number of carbonyl (C=O) groups is 1. The van der Waals surface area contributed by atoms with E-state index in [0.717, 1.165) is 43.2 Å². The fourth-order valence-electron chi connectivity index (χ4n) is 6.63. The highest BCUT2D eigenvalue weighted by molar-refractivity contribution is 5.76. The molecule has 0 radical (unpaired) electrons. The van der Waals surface area contributed by atoms with Gasteiger partial charge in [0.25, 0.3) is 5.56 Å². The summed E-state index contributed by atoms with van der Waals surface area (Å²) in [5.41, 5.74) is 5.38. The predicted octanol–water partition coefficient (Wildman–Crippen LogP) is 2.29. The van der Waals surface area contributed by atoms with Crippen molar-refractivity contribution in [2.45, 2.75) is 58.5 Å². The molecule has 1 amide bonds. The summed E-state index contributed by atoms with van der Waals surface area (Å²) in [4.78, 5) is 27.4. The molecule has 2 aromatic heterocycles. The van der Waals surface area contributed by atoms with Crippen LogP contribution in [0.1, 0.15) is 54.7 Å². The average molecular weight is 393 g/mol. The van der Waals surface area contributed by atoms with Crippen LogP contribution in [0.15, 0.2) is 23.0 Å². The number of fused-ring (bicyclic) bond motifs is 7. The van der Waals surface area contributed by atoms with Crippen LogP contribution in [0, 0.1) is 24.2 Å². The maximum absolute atomic E-state index is 13.2. The van der Waals surface area contributed by atoms with Crippen molar-refractivity contribution in [1.82, 2.24) is 19.2 Å². The van der Waals surface area contributed by atoms with Gasteiger partial charge in [0, 0.05) is 48.6 Å². The van der Waals surface area contributed by atoms with Crippen molar-refractivity contribution in [2.75, 3.05) is 13.1 Å². The topological polar surface area (TPSA) is 60.1 Å². The third-order valence-corrected chi connectivity index (χ3v) is 8.18. The average Bonchev–Trinajstić information content (AvgIpc) is 3.00. The number of aryl methyl sites for hydroxylation is 1. The monoisotopic (exact) mass is 392 g/mol. The van der Waals surface area contributed by atoms with Gasteiger partial charge in [0.15, 0.2) is 0 Å². The molecule has 1 saturated carbocycles. The summed E-state index contributed by atoms with van der Waals surface area (Å²) in [5.74, 6) is 2.14. The van der Waals surface area contributed by atoms with Gasteiger partial charge in [0.2, 0.25) is 5.91 Å². The molecule has 6 nitrogen and oxygen atoms in total. The Bertz CT molecular complexity index is 1090. The summed E-state index contributed by atoms with van der Waals surface area (Å²) in [6, 6.07) is 5.53. The molecule has 4 aliphatic rings. The number of likely N-dealkylation sites (tertiary alicyclic amines) is 1. The van der Waals surface area contributed by atoms with E-state index in [1.807, 2.05) is 26.3 Å². The number of amides is 1. The number of hydrogen-bond donors (Lipinski definition) is 0. The molecule has 0 aromatic carbocycles. The molecule has 0 spiro atoms. The Morgan fingerprint density at radius 3 is 2.90 bits per heavy atom. The van der Waals surface area contributed by atoms with Crippen LogP contribution >= 0.6 is 0 Å². The highest BCUT2D eigenvalue weighted by Gasteiger charge is 2.63. The molecule has 2 bridgehead atoms. The fraction of sp³-hybridized carbons (Fsp3) is 0.609. The minimum absolute atomic E-state index is 0.0843. The second kappa shape index (κ2) is 5.61. The van der Waals surface area contributed by atoms with Gasteiger partial charge in [0.1, 0.15) is 6.54 Å². The lowest BCUT2D eigenvalue weighted by Crippen LogP contribution is -2.49. The third kappa shape index (κ3) is 2.37. The zero-order valence-corrected chi connectivity index (χ0v) is 17.4. The van der Waals surface area contributed by atoms with Gasteiger partial charge >= 0.3 is 0 Å². The summed E-state index contributed by atoms with van der Waals surface area (Å²) < 4.78 is 3.90. The first-order valence-corrected chi connectivity index (χ1v) is 10.9. The van der Waals surface area contributed by atoms with E-state index < -0.39 is 0 Å². The van der Waals surface area contributed by atoms with Gasteiger partial charge < -0.3 is 9.47 Å². The van der Waals surface area contributed by atoms with E-state index in [4.69, 9.17) is 5.10 Å². The molecule has 2 aromatic rings. The summed E-state index contributed by atoms with van der Waals surface area (Å²) in [6.07, 6.45) is 2.13. The molecule has 6 heteroatoms. The Balaban J connectivity index is 1.23. The van der Waals surface area contributed by atoms with E-state index in [1.165, 1.54) is 11.3 Å². The van der Waals surface area contributed by atoms with Crippen LogP contribution in [0.5, 0.6) is 0 Å². The van der Waals surface area contributed by atoms with Crippen molar-refractivity contribution in [3.8, 4) is 0 Å². The molecule has 0 unspecified atom stereocenters. The summed E-state index contributed by atoms with van der Waals surface area (Å²) in [5, 5.41) is 4.75. The standard InChI is InChI=1S/C23H28N4O2/c1-13-21-18(8-16-22(21)23(16,2)3)27(24-13)12-20(29)25-9-14-7-15(11-25)17-5-4-6-19(28)26(17)10-14/h4-6,14-16,22H,7-12H2,1-3H3/t14-,15-,16-,22-/m0/s1. The molecular formula is C23H28N4O2. The number of aromatic nitrogens is 3. The second-order valence-corrected chi connectivity index (χ2v) is 10.2. The molecular weight excluding hydrogens is 364 g/mol. The van der Waals surface area contributed by atoms with E-state index in [-0.39, 0.29) is 17.4 Å². The van der Waals surface area contributed by atoms with Crippen LogP contribution in [0.4, 0.5) is 0 Å². The number of piperidine rings is 1. The Labute approximate surface area is 170 Å². The zero-order chi connectivity index (χ0) is 20.1. The smallest absolute Gasteiger partial charge is 0.250 e. The predicted molar refractivity (Wildman–Crippen MR) is 109 cm³/mol. The molecule has 4 heterocycles. The molecule has 4 atom stereocenters. The largest absolute Gasteiger partial charge is 0.340 e. The number of rotatable bonds is 2. The molecule has 2 fully saturated rings. The van der Waals surface area contributed by atoms with Gasteiger partial charge in [-0.2, -0.15) is 5.10 Å². The third-order valence-electron chi connectivity index (χ3n) is 8.18. The SMILES string of the molecule is Cc1nn(CC(=O)N2C[C@@H]3C[C@@H](C2)c2cccc(=O)n2C3)c2c1[C@@H]1[C@H](C2)C1(C)C. The number of nitrogens with zero attached hydrogens (tertiary/aromatic N) is 4. The van der Waals surface area contributed by atoms with Crippen molar-refractivity contribution >= 4 is 5.91 Å². The Hall–Kier alpha value is -2.37. The lowest BCUT2D eigenvalue weighted by molar-refractivity contribution is -0.134. The lowest BCUT2D eigenvalue weighted by Gasteiger charge is -2.42. The maximum atomic E-state index is 13.2. The molecule has 29 heavy (non-hydrogen) atoms.